The molecule has 2 aromatic carbocycles. The minimum Gasteiger partial charge on any atom is -0.387 e. The SMILES string of the molecule is O=C(NCC(O)c1csc2ccccc12)c1cccc(C(F)(F)F)c1. The molecule has 0 radical (unpaired) electrons. The van der Waals surface area contributed by atoms with E-state index in [4.69, 9.17) is 0 Å². The summed E-state index contributed by atoms with van der Waals surface area (Å²) in [6.07, 6.45) is -5.45. The van der Waals surface area contributed by atoms with Crippen molar-refractivity contribution in [3.63, 3.8) is 0 Å². The first-order valence-electron chi connectivity index (χ1n) is 7.46. The highest BCUT2D eigenvalue weighted by atomic mass is 32.1. The van der Waals surface area contributed by atoms with Crippen LogP contribution in [0.5, 0.6) is 0 Å². The van der Waals surface area contributed by atoms with Crippen LogP contribution in [0.4, 0.5) is 13.2 Å². The van der Waals surface area contributed by atoms with Gasteiger partial charge in [-0.1, -0.05) is 24.3 Å². The lowest BCUT2D eigenvalue weighted by Gasteiger charge is -2.12. The Morgan fingerprint density at radius 2 is 1.92 bits per heavy atom. The molecule has 0 bridgehead atoms. The van der Waals surface area contributed by atoms with Crippen LogP contribution in [0.15, 0.2) is 53.9 Å². The third kappa shape index (κ3) is 3.83. The molecule has 2 N–H and O–H groups in total. The molecule has 0 aliphatic heterocycles. The van der Waals surface area contributed by atoms with Crippen molar-refractivity contribution in [2.45, 2.75) is 12.3 Å². The van der Waals surface area contributed by atoms with Gasteiger partial charge in [0.15, 0.2) is 0 Å². The first-order chi connectivity index (χ1) is 11.9. The van der Waals surface area contributed by atoms with Gasteiger partial charge < -0.3 is 10.4 Å². The topological polar surface area (TPSA) is 49.3 Å². The highest BCUT2D eigenvalue weighted by molar-refractivity contribution is 7.17. The number of aliphatic hydroxyl groups excluding tert-OH is 1. The second kappa shape index (κ2) is 6.85. The summed E-state index contributed by atoms with van der Waals surface area (Å²) in [4.78, 5) is 12.1. The van der Waals surface area contributed by atoms with E-state index in [2.05, 4.69) is 5.32 Å². The quantitative estimate of drug-likeness (QED) is 0.721. The molecule has 1 amide bonds. The molecule has 0 aliphatic rings. The van der Waals surface area contributed by atoms with Crippen LogP contribution in [-0.4, -0.2) is 17.6 Å². The highest BCUT2D eigenvalue weighted by Crippen LogP contribution is 2.31. The minimum atomic E-state index is -4.51. The summed E-state index contributed by atoms with van der Waals surface area (Å²) >= 11 is 1.48. The lowest BCUT2D eigenvalue weighted by Crippen LogP contribution is -2.28. The summed E-state index contributed by atoms with van der Waals surface area (Å²) in [5.74, 6) is -0.662. The average Bonchev–Trinajstić information content (AvgIpc) is 3.03. The van der Waals surface area contributed by atoms with Crippen molar-refractivity contribution >= 4 is 27.3 Å². The number of amides is 1. The van der Waals surface area contributed by atoms with E-state index in [1.807, 2.05) is 29.6 Å². The molecular formula is C18H14F3NO2S. The smallest absolute Gasteiger partial charge is 0.387 e. The summed E-state index contributed by atoms with van der Waals surface area (Å²) in [6.45, 7) is -0.0875. The Kier molecular flexibility index (Phi) is 4.78. The summed E-state index contributed by atoms with van der Waals surface area (Å²) < 4.78 is 39.1. The number of thiophene rings is 1. The van der Waals surface area contributed by atoms with Crippen LogP contribution in [0.25, 0.3) is 10.1 Å². The molecule has 1 unspecified atom stereocenters. The van der Waals surface area contributed by atoms with Crippen molar-refractivity contribution < 1.29 is 23.1 Å². The van der Waals surface area contributed by atoms with Gasteiger partial charge in [0.05, 0.1) is 11.7 Å². The Labute approximate surface area is 145 Å². The molecule has 3 rings (SSSR count). The van der Waals surface area contributed by atoms with Crippen molar-refractivity contribution in [2.75, 3.05) is 6.54 Å². The minimum absolute atomic E-state index is 0.0875. The number of carbonyl (C=O) groups is 1. The lowest BCUT2D eigenvalue weighted by molar-refractivity contribution is -0.137. The Bertz CT molecular complexity index is 904. The number of aliphatic hydroxyl groups is 1. The van der Waals surface area contributed by atoms with Crippen LogP contribution in [0.2, 0.25) is 0 Å². The van der Waals surface area contributed by atoms with E-state index in [-0.39, 0.29) is 12.1 Å². The summed E-state index contributed by atoms with van der Waals surface area (Å²) in [5.41, 5.74) is -0.299. The van der Waals surface area contributed by atoms with Crippen molar-refractivity contribution in [3.05, 3.63) is 70.6 Å². The zero-order valence-electron chi connectivity index (χ0n) is 12.9. The Morgan fingerprint density at radius 3 is 2.68 bits per heavy atom. The Morgan fingerprint density at radius 1 is 1.16 bits per heavy atom. The third-order valence-corrected chi connectivity index (χ3v) is 4.76. The van der Waals surface area contributed by atoms with E-state index in [1.165, 1.54) is 23.5 Å². The van der Waals surface area contributed by atoms with Gasteiger partial charge in [0, 0.05) is 22.4 Å². The van der Waals surface area contributed by atoms with Gasteiger partial charge in [-0.15, -0.1) is 11.3 Å². The molecule has 0 aliphatic carbocycles. The average molecular weight is 365 g/mol. The van der Waals surface area contributed by atoms with Gasteiger partial charge in [0.2, 0.25) is 0 Å². The van der Waals surface area contributed by atoms with Gasteiger partial charge in [0.1, 0.15) is 0 Å². The fraction of sp³-hybridized carbons (Fsp3) is 0.167. The maximum absolute atomic E-state index is 12.7. The van der Waals surface area contributed by atoms with Gasteiger partial charge in [-0.25, -0.2) is 0 Å². The van der Waals surface area contributed by atoms with Crippen molar-refractivity contribution in [2.24, 2.45) is 0 Å². The standard InChI is InChI=1S/C18H14F3NO2S/c19-18(20,21)12-5-3-4-11(8-12)17(24)22-9-15(23)14-10-25-16-7-2-1-6-13(14)16/h1-8,10,15,23H,9H2,(H,22,24). The maximum Gasteiger partial charge on any atom is 0.416 e. The van der Waals surface area contributed by atoms with E-state index < -0.39 is 23.8 Å². The molecule has 1 atom stereocenters. The van der Waals surface area contributed by atoms with Crippen LogP contribution in [-0.2, 0) is 6.18 Å². The molecule has 7 heteroatoms. The van der Waals surface area contributed by atoms with Crippen LogP contribution < -0.4 is 5.32 Å². The molecule has 25 heavy (non-hydrogen) atoms. The molecule has 130 valence electrons. The van der Waals surface area contributed by atoms with Gasteiger partial charge in [-0.2, -0.15) is 13.2 Å². The van der Waals surface area contributed by atoms with Crippen LogP contribution in [0, 0.1) is 0 Å². The molecule has 0 fully saturated rings. The number of alkyl halides is 3. The normalized spacial score (nSPS) is 13.0. The fourth-order valence-electron chi connectivity index (χ4n) is 2.49. The fourth-order valence-corrected chi connectivity index (χ4v) is 3.50. The lowest BCUT2D eigenvalue weighted by atomic mass is 10.1. The van der Waals surface area contributed by atoms with Gasteiger partial charge >= 0.3 is 6.18 Å². The number of carbonyl (C=O) groups excluding carboxylic acids is 1. The first kappa shape index (κ1) is 17.4. The van der Waals surface area contributed by atoms with E-state index in [0.29, 0.717) is 5.56 Å². The second-order valence-corrected chi connectivity index (χ2v) is 6.40. The third-order valence-electron chi connectivity index (χ3n) is 3.78. The van der Waals surface area contributed by atoms with Gasteiger partial charge in [0.25, 0.3) is 5.91 Å². The number of hydrogen-bond acceptors (Lipinski definition) is 3. The molecular weight excluding hydrogens is 351 g/mol. The molecule has 3 aromatic rings. The van der Waals surface area contributed by atoms with Gasteiger partial charge in [-0.3, -0.25) is 4.79 Å². The van der Waals surface area contributed by atoms with Crippen LogP contribution in [0.1, 0.15) is 27.6 Å². The molecule has 3 nitrogen and oxygen atoms in total. The summed E-state index contributed by atoms with van der Waals surface area (Å²) in [5, 5.41) is 15.5. The number of fused-ring (bicyclic) bond motifs is 1. The number of benzene rings is 2. The number of rotatable bonds is 4. The first-order valence-corrected chi connectivity index (χ1v) is 8.34. The van der Waals surface area contributed by atoms with Crippen LogP contribution in [0.3, 0.4) is 0 Å². The summed E-state index contributed by atoms with van der Waals surface area (Å²) in [6, 6.07) is 11.7. The largest absolute Gasteiger partial charge is 0.416 e. The molecule has 0 saturated heterocycles. The van der Waals surface area contributed by atoms with Crippen LogP contribution >= 0.6 is 11.3 Å². The van der Waals surface area contributed by atoms with E-state index >= 15 is 0 Å². The van der Waals surface area contributed by atoms with Crippen molar-refractivity contribution in [1.82, 2.24) is 5.32 Å². The number of halogens is 3. The Balaban J connectivity index is 1.70. The maximum atomic E-state index is 12.7. The predicted octanol–water partition coefficient (Wildman–Crippen LogP) is 4.38. The predicted molar refractivity (Wildman–Crippen MR) is 90.6 cm³/mol. The second-order valence-electron chi connectivity index (χ2n) is 5.49. The monoisotopic (exact) mass is 365 g/mol. The molecule has 1 heterocycles. The van der Waals surface area contributed by atoms with Gasteiger partial charge in [-0.05, 0) is 35.0 Å². The van der Waals surface area contributed by atoms with Crippen molar-refractivity contribution in [1.29, 1.82) is 0 Å². The number of nitrogens with one attached hydrogen (secondary N) is 1. The molecule has 0 spiro atoms. The molecule has 0 saturated carbocycles. The summed E-state index contributed by atoms with van der Waals surface area (Å²) in [7, 11) is 0. The van der Waals surface area contributed by atoms with Crippen molar-refractivity contribution in [3.8, 4) is 0 Å². The number of hydrogen-bond donors (Lipinski definition) is 2. The van der Waals surface area contributed by atoms with E-state index in [0.717, 1.165) is 22.2 Å². The molecule has 1 aromatic heterocycles. The highest BCUT2D eigenvalue weighted by Gasteiger charge is 2.30. The Hall–Kier alpha value is -2.38. The zero-order valence-corrected chi connectivity index (χ0v) is 13.7. The zero-order chi connectivity index (χ0) is 18.0. The van der Waals surface area contributed by atoms with E-state index in [9.17, 15) is 23.1 Å². The van der Waals surface area contributed by atoms with E-state index in [1.54, 1.807) is 0 Å².